The molecule has 1 amide bonds. The molecule has 2 aromatic carbocycles. The molecule has 3 aromatic heterocycles. The second-order valence-corrected chi connectivity index (χ2v) is 9.07. The number of pyridine rings is 1. The molecular formula is C28H23N5O6. The first-order chi connectivity index (χ1) is 19.0. The lowest BCUT2D eigenvalue weighted by molar-refractivity contribution is -0.121. The van der Waals surface area contributed by atoms with Crippen LogP contribution in [0, 0.1) is 0 Å². The molecule has 0 fully saturated rings. The van der Waals surface area contributed by atoms with Gasteiger partial charge >= 0.3 is 5.69 Å². The summed E-state index contributed by atoms with van der Waals surface area (Å²) in [7, 11) is 0. The van der Waals surface area contributed by atoms with Crippen molar-refractivity contribution in [2.75, 3.05) is 6.79 Å². The summed E-state index contributed by atoms with van der Waals surface area (Å²) >= 11 is 0. The third kappa shape index (κ3) is 4.65. The van der Waals surface area contributed by atoms with E-state index in [9.17, 15) is 19.2 Å². The molecule has 0 saturated heterocycles. The van der Waals surface area contributed by atoms with Crippen molar-refractivity contribution in [3.63, 3.8) is 0 Å². The quantitative estimate of drug-likeness (QED) is 0.343. The van der Waals surface area contributed by atoms with Crippen LogP contribution in [0.25, 0.3) is 16.6 Å². The Hall–Kier alpha value is -5.19. The molecule has 11 nitrogen and oxygen atoms in total. The van der Waals surface area contributed by atoms with E-state index in [0.717, 1.165) is 10.1 Å². The Bertz CT molecular complexity index is 1920. The molecule has 4 heterocycles. The van der Waals surface area contributed by atoms with Gasteiger partial charge in [-0.3, -0.25) is 27.9 Å². The lowest BCUT2D eigenvalue weighted by atomic mass is 10.2. The van der Waals surface area contributed by atoms with Gasteiger partial charge in [-0.15, -0.1) is 0 Å². The topological polar surface area (TPSA) is 126 Å². The van der Waals surface area contributed by atoms with Crippen LogP contribution in [-0.2, 0) is 24.4 Å². The average molecular weight is 526 g/mol. The van der Waals surface area contributed by atoms with Gasteiger partial charge in [-0.2, -0.15) is 0 Å². The summed E-state index contributed by atoms with van der Waals surface area (Å²) in [5, 5.41) is 3.14. The third-order valence-electron chi connectivity index (χ3n) is 6.57. The van der Waals surface area contributed by atoms with Crippen molar-refractivity contribution in [3.05, 3.63) is 115 Å². The maximum absolute atomic E-state index is 13.5. The maximum atomic E-state index is 13.5. The number of rotatable bonds is 7. The zero-order chi connectivity index (χ0) is 26.9. The van der Waals surface area contributed by atoms with Gasteiger partial charge in [-0.25, -0.2) is 9.78 Å². The normalized spacial score (nSPS) is 12.2. The van der Waals surface area contributed by atoms with E-state index in [1.54, 1.807) is 60.8 Å². The first-order valence-corrected chi connectivity index (χ1v) is 12.3. The zero-order valence-corrected chi connectivity index (χ0v) is 20.7. The lowest BCUT2D eigenvalue weighted by Crippen LogP contribution is -2.41. The van der Waals surface area contributed by atoms with Gasteiger partial charge in [0.15, 0.2) is 11.5 Å². The minimum Gasteiger partial charge on any atom is -0.454 e. The van der Waals surface area contributed by atoms with Crippen LogP contribution in [0.4, 0.5) is 0 Å². The van der Waals surface area contributed by atoms with Gasteiger partial charge in [-0.1, -0.05) is 24.3 Å². The number of benzene rings is 2. The van der Waals surface area contributed by atoms with Crippen molar-refractivity contribution in [1.82, 2.24) is 23.8 Å². The van der Waals surface area contributed by atoms with E-state index in [0.29, 0.717) is 33.7 Å². The van der Waals surface area contributed by atoms with Crippen LogP contribution in [-0.4, -0.2) is 31.2 Å². The van der Waals surface area contributed by atoms with Crippen molar-refractivity contribution in [3.8, 4) is 11.5 Å². The van der Waals surface area contributed by atoms with E-state index in [4.69, 9.17) is 9.47 Å². The summed E-state index contributed by atoms with van der Waals surface area (Å²) in [5.74, 6) is 0.956. The standard InChI is InChI=1S/C28H23N5O6/c34-25(29-15-18-8-9-22-23(13-18)39-17-38-22)10-12-32-27(36)20-5-1-2-6-21(20)33(28(32)37)16-19-14-26(35)31-11-4-3-7-24(31)30-19/h1-9,11,13-14H,10,12,15-17H2,(H,29,34). The summed E-state index contributed by atoms with van der Waals surface area (Å²) in [5.41, 5.74) is 0.734. The average Bonchev–Trinajstić information content (AvgIpc) is 3.42. The minimum atomic E-state index is -0.586. The molecule has 0 aliphatic carbocycles. The number of para-hydroxylation sites is 1. The van der Waals surface area contributed by atoms with Gasteiger partial charge in [0.25, 0.3) is 11.1 Å². The van der Waals surface area contributed by atoms with E-state index in [2.05, 4.69) is 10.3 Å². The number of carbonyl (C=O) groups excluding carboxylic acids is 1. The highest BCUT2D eigenvalue weighted by Gasteiger charge is 2.16. The Labute approximate surface area is 220 Å². The number of ether oxygens (including phenoxy) is 2. The second kappa shape index (κ2) is 9.93. The van der Waals surface area contributed by atoms with Crippen LogP contribution < -0.4 is 31.6 Å². The summed E-state index contributed by atoms with van der Waals surface area (Å²) in [6, 6.07) is 18.7. The van der Waals surface area contributed by atoms with Gasteiger partial charge in [0, 0.05) is 31.8 Å². The van der Waals surface area contributed by atoms with Crippen molar-refractivity contribution in [1.29, 1.82) is 0 Å². The first kappa shape index (κ1) is 24.2. The molecule has 0 atom stereocenters. The molecule has 0 radical (unpaired) electrons. The molecule has 1 N–H and O–H groups in total. The number of hydrogen-bond acceptors (Lipinski definition) is 7. The second-order valence-electron chi connectivity index (χ2n) is 9.07. The largest absolute Gasteiger partial charge is 0.454 e. The Morgan fingerprint density at radius 2 is 1.74 bits per heavy atom. The van der Waals surface area contributed by atoms with Crippen molar-refractivity contribution in [2.24, 2.45) is 0 Å². The first-order valence-electron chi connectivity index (χ1n) is 12.3. The third-order valence-corrected chi connectivity index (χ3v) is 6.57. The van der Waals surface area contributed by atoms with Crippen LogP contribution in [0.1, 0.15) is 17.7 Å². The Morgan fingerprint density at radius 1 is 0.923 bits per heavy atom. The molecule has 0 unspecified atom stereocenters. The minimum absolute atomic E-state index is 0.0173. The van der Waals surface area contributed by atoms with Crippen molar-refractivity contribution in [2.45, 2.75) is 26.1 Å². The number of nitrogens with one attached hydrogen (secondary N) is 1. The number of carbonyl (C=O) groups is 1. The van der Waals surface area contributed by atoms with Gasteiger partial charge in [0.2, 0.25) is 12.7 Å². The molecule has 0 spiro atoms. The summed E-state index contributed by atoms with van der Waals surface area (Å²) < 4.78 is 14.5. The molecule has 1 aliphatic rings. The molecule has 0 bridgehead atoms. The monoisotopic (exact) mass is 525 g/mol. The summed E-state index contributed by atoms with van der Waals surface area (Å²) in [4.78, 5) is 56.4. The molecule has 6 rings (SSSR count). The highest BCUT2D eigenvalue weighted by Crippen LogP contribution is 2.32. The van der Waals surface area contributed by atoms with Crippen molar-refractivity contribution < 1.29 is 14.3 Å². The van der Waals surface area contributed by atoms with Crippen LogP contribution in [0.2, 0.25) is 0 Å². The fourth-order valence-corrected chi connectivity index (χ4v) is 4.62. The molecule has 39 heavy (non-hydrogen) atoms. The lowest BCUT2D eigenvalue weighted by Gasteiger charge is -2.14. The van der Waals surface area contributed by atoms with Crippen LogP contribution in [0.15, 0.2) is 87.3 Å². The predicted octanol–water partition coefficient (Wildman–Crippen LogP) is 1.65. The van der Waals surface area contributed by atoms with E-state index >= 15 is 0 Å². The van der Waals surface area contributed by atoms with Gasteiger partial charge in [0.1, 0.15) is 5.65 Å². The van der Waals surface area contributed by atoms with Gasteiger partial charge < -0.3 is 14.8 Å². The Balaban J connectivity index is 1.26. The molecule has 11 heteroatoms. The van der Waals surface area contributed by atoms with Gasteiger partial charge in [0.05, 0.1) is 23.1 Å². The Morgan fingerprint density at radius 3 is 2.64 bits per heavy atom. The van der Waals surface area contributed by atoms with E-state index in [-0.39, 0.29) is 44.3 Å². The molecule has 0 saturated carbocycles. The van der Waals surface area contributed by atoms with E-state index < -0.39 is 11.2 Å². The number of hydrogen-bond donors (Lipinski definition) is 1. The number of nitrogens with zero attached hydrogens (tertiary/aromatic N) is 4. The Kier molecular flexibility index (Phi) is 6.16. The van der Waals surface area contributed by atoms with Crippen LogP contribution in [0.3, 0.4) is 0 Å². The summed E-state index contributed by atoms with van der Waals surface area (Å²) in [6.45, 7) is 0.298. The zero-order valence-electron chi connectivity index (χ0n) is 20.7. The van der Waals surface area contributed by atoms with Crippen LogP contribution >= 0.6 is 0 Å². The number of amides is 1. The van der Waals surface area contributed by atoms with Gasteiger partial charge in [-0.05, 0) is 42.0 Å². The molecule has 5 aromatic rings. The fraction of sp³-hybridized carbons (Fsp3) is 0.179. The molecule has 196 valence electrons. The highest BCUT2D eigenvalue weighted by atomic mass is 16.7. The van der Waals surface area contributed by atoms with Crippen molar-refractivity contribution >= 4 is 22.5 Å². The fourth-order valence-electron chi connectivity index (χ4n) is 4.62. The van der Waals surface area contributed by atoms with Crippen LogP contribution in [0.5, 0.6) is 11.5 Å². The number of fused-ring (bicyclic) bond motifs is 3. The van der Waals surface area contributed by atoms with E-state index in [1.807, 2.05) is 6.07 Å². The van der Waals surface area contributed by atoms with E-state index in [1.165, 1.54) is 15.0 Å². The summed E-state index contributed by atoms with van der Waals surface area (Å²) in [6.07, 6.45) is 1.54. The molecule has 1 aliphatic heterocycles. The smallest absolute Gasteiger partial charge is 0.331 e. The predicted molar refractivity (Wildman–Crippen MR) is 142 cm³/mol. The maximum Gasteiger partial charge on any atom is 0.331 e. The number of aromatic nitrogens is 4. The highest BCUT2D eigenvalue weighted by molar-refractivity contribution is 5.78. The molecular weight excluding hydrogens is 502 g/mol. The SMILES string of the molecule is O=C(CCn1c(=O)c2ccccc2n(Cc2cc(=O)n3ccccc3n2)c1=O)NCc1ccc2c(c1)OCO2.